The fourth-order valence-electron chi connectivity index (χ4n) is 4.93. The molecule has 5 rings (SSSR count). The van der Waals surface area contributed by atoms with Gasteiger partial charge in [0.2, 0.25) is 39.2 Å². The predicted octanol–water partition coefficient (Wildman–Crippen LogP) is 2.01. The van der Waals surface area contributed by atoms with Crippen LogP contribution < -0.4 is 22.4 Å². The van der Waals surface area contributed by atoms with Crippen molar-refractivity contribution in [3.05, 3.63) is 79.2 Å². The summed E-state index contributed by atoms with van der Waals surface area (Å²) in [6.45, 7) is 2.40. The molecule has 0 fully saturated rings. The third-order valence-electron chi connectivity index (χ3n) is 7.33. The molecule has 5 aromatic rings. The second-order valence-electron chi connectivity index (χ2n) is 11.0. The highest BCUT2D eigenvalue weighted by Crippen LogP contribution is 2.38. The first-order valence-electron chi connectivity index (χ1n) is 14.9. The van der Waals surface area contributed by atoms with E-state index < -0.39 is 107 Å². The van der Waals surface area contributed by atoms with Crippen LogP contribution >= 0.6 is 23.2 Å². The average molecular weight is 889 g/mol. The van der Waals surface area contributed by atoms with E-state index in [-0.39, 0.29) is 40.5 Å². The summed E-state index contributed by atoms with van der Waals surface area (Å²) in [5.74, 6) is -2.30. The molecule has 0 amide bonds. The molecule has 0 aliphatic carbocycles. The lowest BCUT2D eigenvalue weighted by atomic mass is 10.1. The van der Waals surface area contributed by atoms with Gasteiger partial charge in [0, 0.05) is 17.7 Å². The number of rotatable bonds is 10. The zero-order valence-corrected chi connectivity index (χ0v) is 32.2. The Morgan fingerprint density at radius 2 is 1.46 bits per heavy atom. The predicted molar refractivity (Wildman–Crippen MR) is 193 cm³/mol. The van der Waals surface area contributed by atoms with Gasteiger partial charge in [-0.25, -0.2) is 9.98 Å². The molecule has 30 heteroatoms. The number of aliphatic hydroxyl groups excluding tert-OH is 1. The second-order valence-corrected chi connectivity index (χ2v) is 15.9. The molecule has 0 aliphatic heterocycles. The SMILES string of the molecule is CCn1c(O)c(N=Nc2cc(N=c3nc(Cl)nc(-c4ccc(S(=O)(=O)O)c(N=c5[nH]c(Cl)nc(=N)[nH]5)c4)[nH]3)c(S(=O)(=O)O)cc2S(=O)(=O)O)c(C)c(C(=N)O)c1=O. The molecule has 0 atom stereocenters. The summed E-state index contributed by atoms with van der Waals surface area (Å²) in [4.78, 5) is 36.3. The summed E-state index contributed by atoms with van der Waals surface area (Å²) in [7, 11) is -15.7. The van der Waals surface area contributed by atoms with E-state index in [2.05, 4.69) is 50.1 Å². The van der Waals surface area contributed by atoms with Gasteiger partial charge in [-0.2, -0.15) is 40.2 Å². The molecule has 0 bridgehead atoms. The van der Waals surface area contributed by atoms with E-state index in [9.17, 15) is 53.9 Å². The number of aliphatic hydroxyl groups is 1. The highest BCUT2D eigenvalue weighted by Gasteiger charge is 2.26. The lowest BCUT2D eigenvalue weighted by molar-refractivity contribution is 0.411. The number of nitrogens with zero attached hydrogens (tertiary/aromatic N) is 8. The van der Waals surface area contributed by atoms with Crippen LogP contribution in [0.2, 0.25) is 10.6 Å². The van der Waals surface area contributed by atoms with Crippen molar-refractivity contribution in [2.24, 2.45) is 20.2 Å². The third kappa shape index (κ3) is 9.18. The summed E-state index contributed by atoms with van der Waals surface area (Å²) in [6, 6.07) is 3.96. The Balaban J connectivity index is 1.77. The van der Waals surface area contributed by atoms with Gasteiger partial charge in [0.1, 0.15) is 37.4 Å². The van der Waals surface area contributed by atoms with Gasteiger partial charge >= 0.3 is 0 Å². The molecular weight excluding hydrogens is 865 g/mol. The molecule has 10 N–H and O–H groups in total. The first-order chi connectivity index (χ1) is 26.4. The van der Waals surface area contributed by atoms with Gasteiger partial charge in [-0.15, -0.1) is 10.2 Å². The number of nitrogens with one attached hydrogen (secondary N) is 5. The lowest BCUT2D eigenvalue weighted by Gasteiger charge is -2.13. The smallest absolute Gasteiger partial charge is 0.296 e. The number of hydrogen-bond donors (Lipinski definition) is 10. The van der Waals surface area contributed by atoms with Crippen molar-refractivity contribution < 1.29 is 49.1 Å². The van der Waals surface area contributed by atoms with E-state index in [4.69, 9.17) is 34.0 Å². The van der Waals surface area contributed by atoms with Crippen LogP contribution in [0.3, 0.4) is 0 Å². The molecule has 0 unspecified atom stereocenters. The van der Waals surface area contributed by atoms with Crippen molar-refractivity contribution >= 4 is 82.2 Å². The standard InChI is InChI=1S/C27H23Cl2N13O12S3/c1-3-42-21(44)17(19(30)43)9(2)18(22(42)45)41-40-13-7-12(15(56(49,50)51)8-16(13)57(52,53)54)33-26-35-20(34-23(28)37-26)10-4-5-14(55(46,47)48)11(6-10)32-27-38-24(29)36-25(31)39-27/h4-8,45H,3H2,1-2H3,(H2,30,43)(H,46,47,48)(H,49,50,51)(H,52,53,54)(H,33,34,35,37)(H3,31,32,36,38,39). The van der Waals surface area contributed by atoms with Crippen LogP contribution in [0.4, 0.5) is 22.7 Å². The number of halogens is 2. The molecule has 2 aromatic carbocycles. The molecule has 300 valence electrons. The van der Waals surface area contributed by atoms with Gasteiger partial charge in [-0.1, -0.05) is 0 Å². The Morgan fingerprint density at radius 1 is 0.842 bits per heavy atom. The van der Waals surface area contributed by atoms with E-state index >= 15 is 0 Å². The highest BCUT2D eigenvalue weighted by atomic mass is 35.5. The summed E-state index contributed by atoms with van der Waals surface area (Å²) in [5.41, 5.74) is -5.96. The highest BCUT2D eigenvalue weighted by molar-refractivity contribution is 7.87. The van der Waals surface area contributed by atoms with Crippen LogP contribution in [0, 0.1) is 17.7 Å². The van der Waals surface area contributed by atoms with Gasteiger partial charge in [0.15, 0.2) is 0 Å². The first-order valence-corrected chi connectivity index (χ1v) is 20.0. The van der Waals surface area contributed by atoms with Crippen LogP contribution in [-0.2, 0) is 36.9 Å². The van der Waals surface area contributed by atoms with Crippen LogP contribution in [0.25, 0.3) is 11.4 Å². The van der Waals surface area contributed by atoms with Gasteiger partial charge in [-0.3, -0.25) is 38.8 Å². The van der Waals surface area contributed by atoms with Crippen molar-refractivity contribution in [1.82, 2.24) is 34.5 Å². The average Bonchev–Trinajstić information content (AvgIpc) is 3.06. The number of aromatic hydroxyl groups is 1. The minimum atomic E-state index is -5.38. The second kappa shape index (κ2) is 15.5. The van der Waals surface area contributed by atoms with Gasteiger partial charge < -0.3 is 20.2 Å². The number of H-pyrrole nitrogens is 3. The summed E-state index contributed by atoms with van der Waals surface area (Å²) in [6.07, 6.45) is 0. The number of hydrogen-bond acceptors (Lipinski definition) is 17. The Kier molecular flexibility index (Phi) is 11.5. The van der Waals surface area contributed by atoms with Crippen molar-refractivity contribution in [1.29, 1.82) is 10.8 Å². The monoisotopic (exact) mass is 887 g/mol. The quantitative estimate of drug-likeness (QED) is 0.0415. The molecule has 3 heterocycles. The number of benzene rings is 2. The Bertz CT molecular complexity index is 3180. The summed E-state index contributed by atoms with van der Waals surface area (Å²) >= 11 is 12.0. The van der Waals surface area contributed by atoms with Crippen LogP contribution in [0.15, 0.2) is 70.0 Å². The summed E-state index contributed by atoms with van der Waals surface area (Å²) in [5, 5.41) is 42.4. The number of aromatic amines is 3. The summed E-state index contributed by atoms with van der Waals surface area (Å²) < 4.78 is 105. The van der Waals surface area contributed by atoms with Crippen LogP contribution in [0.1, 0.15) is 18.1 Å². The molecule has 57 heavy (non-hydrogen) atoms. The minimum absolute atomic E-state index is 0.0294. The van der Waals surface area contributed by atoms with E-state index in [0.717, 1.165) is 18.2 Å². The van der Waals surface area contributed by atoms with E-state index in [1.54, 1.807) is 0 Å². The van der Waals surface area contributed by atoms with Gasteiger partial charge in [-0.05, 0) is 67.4 Å². The maximum atomic E-state index is 12.7. The fraction of sp³-hybridized carbons (Fsp3) is 0.111. The topological polar surface area (TPSA) is 409 Å². The third-order valence-corrected chi connectivity index (χ3v) is 10.3. The molecular formula is C27H23Cl2N13O12S3. The molecule has 0 radical (unpaired) electrons. The molecule has 0 aliphatic rings. The molecule has 3 aromatic heterocycles. The Labute approximate surface area is 327 Å². The van der Waals surface area contributed by atoms with E-state index in [1.165, 1.54) is 13.8 Å². The number of azo groups is 1. The molecule has 0 saturated carbocycles. The van der Waals surface area contributed by atoms with Crippen LogP contribution in [0.5, 0.6) is 5.88 Å². The molecule has 0 saturated heterocycles. The lowest BCUT2D eigenvalue weighted by Crippen LogP contribution is -2.27. The van der Waals surface area contributed by atoms with Gasteiger partial charge in [0.25, 0.3) is 35.9 Å². The Morgan fingerprint density at radius 3 is 2.04 bits per heavy atom. The number of pyridine rings is 1. The van der Waals surface area contributed by atoms with Crippen LogP contribution in [-0.4, -0.2) is 89.5 Å². The van der Waals surface area contributed by atoms with Crippen molar-refractivity contribution in [3.63, 3.8) is 0 Å². The Hall–Kier alpha value is -6.01. The number of aromatic nitrogens is 7. The first kappa shape index (κ1) is 42.1. The fourth-order valence-corrected chi connectivity index (χ4v) is 7.22. The van der Waals surface area contributed by atoms with Crippen molar-refractivity contribution in [2.75, 3.05) is 0 Å². The van der Waals surface area contributed by atoms with E-state index in [0.29, 0.717) is 10.6 Å². The molecule has 0 spiro atoms. The maximum Gasteiger partial charge on any atom is 0.296 e. The largest absolute Gasteiger partial charge is 0.493 e. The zero-order valence-electron chi connectivity index (χ0n) is 28.2. The van der Waals surface area contributed by atoms with Gasteiger partial charge in [0.05, 0.1) is 11.4 Å². The maximum absolute atomic E-state index is 12.7. The minimum Gasteiger partial charge on any atom is -0.493 e. The normalized spacial score (nSPS) is 13.1. The molecule has 25 nitrogen and oxygen atoms in total. The zero-order chi connectivity index (χ0) is 42.4. The van der Waals surface area contributed by atoms with Crippen molar-refractivity contribution in [3.8, 4) is 17.3 Å². The van der Waals surface area contributed by atoms with Crippen molar-refractivity contribution in [2.45, 2.75) is 35.1 Å². The van der Waals surface area contributed by atoms with E-state index in [1.807, 2.05) is 0 Å².